The first-order valence-corrected chi connectivity index (χ1v) is 20.5. The summed E-state index contributed by atoms with van der Waals surface area (Å²) < 4.78 is 65.4. The summed E-state index contributed by atoms with van der Waals surface area (Å²) in [7, 11) is -3.74. The summed E-state index contributed by atoms with van der Waals surface area (Å²) in [5, 5.41) is 1.04. The summed E-state index contributed by atoms with van der Waals surface area (Å²) in [5.41, 5.74) is 1.75. The SMILES string of the molecule is CCOc1cc(OC)c(S(=O)(=O)N(C)OC)cc1C1=N[C@@H](c2ccc(Cl)cc2)[C@@H](c2ccc(Cl)cc2)N1C(=O)N1CCN(CCNS(C)(=O)=O)CC1. The average molecular weight is 798 g/mol. The molecule has 0 aliphatic carbocycles. The van der Waals surface area contributed by atoms with Gasteiger partial charge >= 0.3 is 6.03 Å². The number of hydrogen-bond donors (Lipinski definition) is 1. The topological polar surface area (TPSA) is 150 Å². The van der Waals surface area contributed by atoms with Crippen molar-refractivity contribution < 1.29 is 35.9 Å². The Hall–Kier alpha value is -3.48. The van der Waals surface area contributed by atoms with E-state index in [-0.39, 0.29) is 47.0 Å². The number of nitrogens with one attached hydrogen (secondary N) is 1. The molecular formula is C34H42Cl2N6O8S2. The molecule has 0 bridgehead atoms. The van der Waals surface area contributed by atoms with E-state index in [4.69, 9.17) is 42.5 Å². The quantitative estimate of drug-likeness (QED) is 0.248. The van der Waals surface area contributed by atoms with Crippen LogP contribution in [0.3, 0.4) is 0 Å². The summed E-state index contributed by atoms with van der Waals surface area (Å²) in [4.78, 5) is 30.4. The number of urea groups is 1. The van der Waals surface area contributed by atoms with E-state index in [1.807, 2.05) is 24.3 Å². The fourth-order valence-electron chi connectivity index (χ4n) is 6.15. The van der Waals surface area contributed by atoms with E-state index in [9.17, 15) is 21.6 Å². The molecular weight excluding hydrogens is 755 g/mol. The summed E-state index contributed by atoms with van der Waals surface area (Å²) in [6.45, 7) is 4.44. The minimum atomic E-state index is -4.25. The van der Waals surface area contributed by atoms with Crippen LogP contribution in [0.25, 0.3) is 0 Å². The van der Waals surface area contributed by atoms with Crippen LogP contribution in [0, 0.1) is 0 Å². The number of piperazine rings is 1. The number of hydrogen-bond acceptors (Lipinski definition) is 10. The lowest BCUT2D eigenvalue weighted by Gasteiger charge is -2.39. The standard InChI is InChI=1S/C34H42Cl2N6O8S2/c1-6-50-28-22-29(48-3)30(52(46,47)39(2)49-4)21-27(28)33-38-31(23-7-11-25(35)12-8-23)32(24-9-13-26(36)14-10-24)42(33)34(43)41-19-17-40(18-20-41)16-15-37-51(5,44)45/h7-14,21-22,31-32,37H,6,15-20H2,1-5H3/t31-,32+/m0/s1. The van der Waals surface area contributed by atoms with E-state index in [0.29, 0.717) is 47.2 Å². The van der Waals surface area contributed by atoms with E-state index >= 15 is 0 Å². The first kappa shape index (κ1) is 39.7. The number of benzene rings is 3. The molecule has 52 heavy (non-hydrogen) atoms. The van der Waals surface area contributed by atoms with Crippen molar-refractivity contribution in [3.63, 3.8) is 0 Å². The molecule has 2 amide bonds. The molecule has 1 saturated heterocycles. The van der Waals surface area contributed by atoms with Crippen LogP contribution < -0.4 is 14.2 Å². The number of aliphatic imine (C=N–C) groups is 1. The van der Waals surface area contributed by atoms with Gasteiger partial charge in [0.1, 0.15) is 28.3 Å². The Morgan fingerprint density at radius 3 is 2.06 bits per heavy atom. The van der Waals surface area contributed by atoms with E-state index in [0.717, 1.165) is 17.4 Å². The molecule has 2 heterocycles. The van der Waals surface area contributed by atoms with Gasteiger partial charge in [-0.1, -0.05) is 51.9 Å². The van der Waals surface area contributed by atoms with Gasteiger partial charge in [-0.15, -0.1) is 0 Å². The molecule has 5 rings (SSSR count). The van der Waals surface area contributed by atoms with Crippen molar-refractivity contribution in [2.45, 2.75) is 23.9 Å². The number of sulfonamides is 2. The van der Waals surface area contributed by atoms with Gasteiger partial charge in [0.2, 0.25) is 10.0 Å². The van der Waals surface area contributed by atoms with E-state index in [1.54, 1.807) is 41.0 Å². The number of hydroxylamine groups is 1. The highest BCUT2D eigenvalue weighted by Crippen LogP contribution is 2.46. The fraction of sp³-hybridized carbons (Fsp3) is 0.412. The van der Waals surface area contributed by atoms with Gasteiger partial charge in [0, 0.05) is 62.4 Å². The molecule has 2 aliphatic heterocycles. The molecule has 0 aromatic heterocycles. The molecule has 0 unspecified atom stereocenters. The predicted octanol–water partition coefficient (Wildman–Crippen LogP) is 4.41. The zero-order valence-corrected chi connectivity index (χ0v) is 32.6. The molecule has 3 aromatic rings. The summed E-state index contributed by atoms with van der Waals surface area (Å²) in [5.74, 6) is 0.453. The number of carbonyl (C=O) groups is 1. The van der Waals surface area contributed by atoms with Crippen molar-refractivity contribution in [3.8, 4) is 11.5 Å². The summed E-state index contributed by atoms with van der Waals surface area (Å²) in [6, 6.07) is 15.5. The second-order valence-electron chi connectivity index (χ2n) is 12.1. The Bertz CT molecular complexity index is 1990. The molecule has 3 aromatic carbocycles. The molecule has 2 aliphatic rings. The van der Waals surface area contributed by atoms with Gasteiger partial charge in [0.25, 0.3) is 10.0 Å². The molecule has 0 saturated carbocycles. The van der Waals surface area contributed by atoms with Crippen LogP contribution in [0.2, 0.25) is 10.0 Å². The molecule has 2 atom stereocenters. The van der Waals surface area contributed by atoms with Crippen LogP contribution in [0.15, 0.2) is 70.6 Å². The smallest absolute Gasteiger partial charge is 0.326 e. The van der Waals surface area contributed by atoms with Gasteiger partial charge in [-0.25, -0.2) is 26.4 Å². The molecule has 1 N–H and O–H groups in total. The third-order valence-corrected chi connectivity index (χ3v) is 11.7. The number of methoxy groups -OCH3 is 1. The van der Waals surface area contributed by atoms with Gasteiger partial charge in [0.05, 0.1) is 38.7 Å². The van der Waals surface area contributed by atoms with Gasteiger partial charge < -0.3 is 14.4 Å². The number of rotatable bonds is 13. The number of amides is 2. The van der Waals surface area contributed by atoms with Crippen LogP contribution in [0.1, 0.15) is 35.7 Å². The van der Waals surface area contributed by atoms with Crippen molar-refractivity contribution in [1.29, 1.82) is 0 Å². The van der Waals surface area contributed by atoms with Gasteiger partial charge in [0.15, 0.2) is 0 Å². The first-order valence-electron chi connectivity index (χ1n) is 16.4. The van der Waals surface area contributed by atoms with Gasteiger partial charge in [-0.2, -0.15) is 0 Å². The minimum absolute atomic E-state index is 0.0116. The summed E-state index contributed by atoms with van der Waals surface area (Å²) in [6.07, 6.45) is 1.11. The Kier molecular flexibility index (Phi) is 12.7. The molecule has 14 nitrogen and oxygen atoms in total. The number of halogens is 2. The highest BCUT2D eigenvalue weighted by atomic mass is 35.5. The van der Waals surface area contributed by atoms with Gasteiger partial charge in [-0.3, -0.25) is 19.6 Å². The maximum Gasteiger partial charge on any atom is 0.326 e. The highest BCUT2D eigenvalue weighted by molar-refractivity contribution is 7.89. The Morgan fingerprint density at radius 2 is 1.52 bits per heavy atom. The normalized spacial score (nSPS) is 18.5. The van der Waals surface area contributed by atoms with Crippen molar-refractivity contribution in [3.05, 3.63) is 87.4 Å². The second kappa shape index (κ2) is 16.7. The van der Waals surface area contributed by atoms with E-state index < -0.39 is 32.1 Å². The zero-order chi connectivity index (χ0) is 37.8. The third kappa shape index (κ3) is 8.82. The maximum atomic E-state index is 14.9. The van der Waals surface area contributed by atoms with Crippen LogP contribution in [-0.4, -0.2) is 121 Å². The Morgan fingerprint density at radius 1 is 0.923 bits per heavy atom. The molecule has 18 heteroatoms. The van der Waals surface area contributed by atoms with Crippen LogP contribution in [0.4, 0.5) is 4.79 Å². The van der Waals surface area contributed by atoms with E-state index in [2.05, 4.69) is 9.62 Å². The van der Waals surface area contributed by atoms with Crippen LogP contribution >= 0.6 is 23.2 Å². The average Bonchev–Trinajstić information content (AvgIpc) is 3.51. The second-order valence-corrected chi connectivity index (χ2v) is 16.7. The lowest BCUT2D eigenvalue weighted by atomic mass is 9.93. The lowest BCUT2D eigenvalue weighted by Crippen LogP contribution is -2.54. The monoisotopic (exact) mass is 796 g/mol. The van der Waals surface area contributed by atoms with Crippen molar-refractivity contribution in [2.75, 3.05) is 73.4 Å². The maximum absolute atomic E-state index is 14.9. The van der Waals surface area contributed by atoms with Crippen LogP contribution in [-0.2, 0) is 24.9 Å². The molecule has 0 spiro atoms. The minimum Gasteiger partial charge on any atom is -0.495 e. The largest absolute Gasteiger partial charge is 0.495 e. The summed E-state index contributed by atoms with van der Waals surface area (Å²) >= 11 is 12.6. The van der Waals surface area contributed by atoms with Crippen molar-refractivity contribution in [2.24, 2.45) is 4.99 Å². The highest BCUT2D eigenvalue weighted by Gasteiger charge is 2.45. The zero-order valence-electron chi connectivity index (χ0n) is 29.5. The van der Waals surface area contributed by atoms with Gasteiger partial charge in [-0.05, 0) is 48.4 Å². The van der Waals surface area contributed by atoms with E-state index in [1.165, 1.54) is 33.4 Å². The Labute approximate surface area is 314 Å². The van der Waals surface area contributed by atoms with Crippen LogP contribution in [0.5, 0.6) is 11.5 Å². The molecule has 0 radical (unpaired) electrons. The number of carbonyl (C=O) groups excluding carboxylic acids is 1. The predicted molar refractivity (Wildman–Crippen MR) is 199 cm³/mol. The molecule has 1 fully saturated rings. The number of ether oxygens (including phenoxy) is 2. The fourth-order valence-corrected chi connectivity index (χ4v) is 8.00. The lowest BCUT2D eigenvalue weighted by molar-refractivity contribution is -0.0259. The first-order chi connectivity index (χ1) is 24.7. The number of nitrogens with zero attached hydrogens (tertiary/aromatic N) is 5. The van der Waals surface area contributed by atoms with Crippen molar-refractivity contribution in [1.82, 2.24) is 23.9 Å². The Balaban J connectivity index is 1.66. The molecule has 282 valence electrons. The number of amidine groups is 1. The third-order valence-electron chi connectivity index (χ3n) is 8.81. The van der Waals surface area contributed by atoms with Crippen molar-refractivity contribution >= 4 is 55.1 Å².